The number of nitrogens with zero attached hydrogens (tertiary/aromatic N) is 1. The quantitative estimate of drug-likeness (QED) is 0.807. The fraction of sp³-hybridized carbons (Fsp3) is 0.250. The number of esters is 1. The van der Waals surface area contributed by atoms with Crippen LogP contribution in [0.1, 0.15) is 17.4 Å². The van der Waals surface area contributed by atoms with E-state index in [1.807, 2.05) is 0 Å². The first-order chi connectivity index (χ1) is 6.16. The number of aromatic nitrogens is 1. The molecule has 1 aromatic rings. The molecule has 0 amide bonds. The molecule has 0 spiro atoms. The van der Waals surface area contributed by atoms with E-state index in [-0.39, 0.29) is 18.1 Å². The molecule has 0 aliphatic carbocycles. The number of ether oxygens (including phenoxy) is 1. The van der Waals surface area contributed by atoms with Gasteiger partial charge in [-0.2, -0.15) is 0 Å². The van der Waals surface area contributed by atoms with Crippen LogP contribution < -0.4 is 0 Å². The van der Waals surface area contributed by atoms with Crippen LogP contribution in [0.2, 0.25) is 0 Å². The molecule has 1 aromatic heterocycles. The zero-order valence-corrected chi connectivity index (χ0v) is 8.54. The third-order valence-corrected chi connectivity index (χ3v) is 1.98. The first-order valence-corrected chi connectivity index (χ1v) is 4.46. The zero-order valence-electron chi connectivity index (χ0n) is 6.95. The number of pyridine rings is 1. The predicted octanol–water partition coefficient (Wildman–Crippen LogP) is 1.73. The minimum absolute atomic E-state index is 0.0729. The van der Waals surface area contributed by atoms with Crippen LogP contribution in [0.3, 0.4) is 0 Å². The van der Waals surface area contributed by atoms with Gasteiger partial charge in [0.2, 0.25) is 0 Å². The maximum absolute atomic E-state index is 11.2. The van der Waals surface area contributed by atoms with Gasteiger partial charge < -0.3 is 9.84 Å². The van der Waals surface area contributed by atoms with Gasteiger partial charge in [-0.05, 0) is 28.9 Å². The van der Waals surface area contributed by atoms with Gasteiger partial charge in [-0.3, -0.25) is 0 Å². The summed E-state index contributed by atoms with van der Waals surface area (Å²) in [5.74, 6) is -0.817. The van der Waals surface area contributed by atoms with Gasteiger partial charge in [-0.15, -0.1) is 0 Å². The van der Waals surface area contributed by atoms with Crippen molar-refractivity contribution in [1.82, 2.24) is 4.98 Å². The summed E-state index contributed by atoms with van der Waals surface area (Å²) in [7, 11) is 0. The molecule has 5 heteroatoms. The molecule has 4 nitrogen and oxygen atoms in total. The van der Waals surface area contributed by atoms with E-state index in [0.717, 1.165) is 0 Å². The van der Waals surface area contributed by atoms with E-state index < -0.39 is 5.97 Å². The van der Waals surface area contributed by atoms with Crippen molar-refractivity contribution in [3.63, 3.8) is 0 Å². The van der Waals surface area contributed by atoms with Gasteiger partial charge in [0.1, 0.15) is 0 Å². The Morgan fingerprint density at radius 1 is 1.77 bits per heavy atom. The number of hydrogen-bond acceptors (Lipinski definition) is 4. The minimum Gasteiger partial charge on any atom is -0.504 e. The molecule has 0 radical (unpaired) electrons. The van der Waals surface area contributed by atoms with Crippen LogP contribution in [0.5, 0.6) is 5.75 Å². The standard InChI is InChI=1S/C8H8BrNO3/c1-2-13-8(12)6-7(11)5(9)3-4-10-6/h3-4,11H,2H2,1H3. The van der Waals surface area contributed by atoms with E-state index in [4.69, 9.17) is 0 Å². The van der Waals surface area contributed by atoms with Crippen LogP contribution >= 0.6 is 15.9 Å². The van der Waals surface area contributed by atoms with E-state index >= 15 is 0 Å². The maximum Gasteiger partial charge on any atom is 0.360 e. The lowest BCUT2D eigenvalue weighted by atomic mass is 10.3. The van der Waals surface area contributed by atoms with Crippen LogP contribution in [-0.2, 0) is 4.74 Å². The molecule has 13 heavy (non-hydrogen) atoms. The van der Waals surface area contributed by atoms with E-state index in [9.17, 15) is 9.90 Å². The second-order valence-corrected chi connectivity index (χ2v) is 3.06. The highest BCUT2D eigenvalue weighted by Gasteiger charge is 2.15. The summed E-state index contributed by atoms with van der Waals surface area (Å²) in [5, 5.41) is 9.38. The topological polar surface area (TPSA) is 59.4 Å². The van der Waals surface area contributed by atoms with Crippen LogP contribution in [0, 0.1) is 0 Å². The Morgan fingerprint density at radius 2 is 2.46 bits per heavy atom. The largest absolute Gasteiger partial charge is 0.504 e. The molecular formula is C8H8BrNO3. The van der Waals surface area contributed by atoms with Gasteiger partial charge in [-0.25, -0.2) is 9.78 Å². The molecule has 0 fully saturated rings. The molecule has 70 valence electrons. The lowest BCUT2D eigenvalue weighted by Gasteiger charge is -2.03. The summed E-state index contributed by atoms with van der Waals surface area (Å²) < 4.78 is 5.10. The number of carbonyl (C=O) groups excluding carboxylic acids is 1. The minimum atomic E-state index is -0.624. The SMILES string of the molecule is CCOC(=O)c1nccc(Br)c1O. The van der Waals surface area contributed by atoms with E-state index in [2.05, 4.69) is 25.7 Å². The molecule has 0 aromatic carbocycles. The van der Waals surface area contributed by atoms with Crippen LogP contribution in [0.15, 0.2) is 16.7 Å². The van der Waals surface area contributed by atoms with Gasteiger partial charge in [0.15, 0.2) is 11.4 Å². The first-order valence-electron chi connectivity index (χ1n) is 3.67. The van der Waals surface area contributed by atoms with E-state index in [0.29, 0.717) is 4.47 Å². The van der Waals surface area contributed by atoms with Crippen molar-refractivity contribution in [3.05, 3.63) is 22.4 Å². The van der Waals surface area contributed by atoms with Crippen molar-refractivity contribution in [2.24, 2.45) is 0 Å². The number of carbonyl (C=O) groups is 1. The Labute approximate surface area is 83.7 Å². The number of rotatable bonds is 2. The Balaban J connectivity index is 3.01. The molecule has 0 bridgehead atoms. The Morgan fingerprint density at radius 3 is 3.08 bits per heavy atom. The van der Waals surface area contributed by atoms with Crippen LogP contribution in [-0.4, -0.2) is 22.7 Å². The Bertz CT molecular complexity index is 327. The monoisotopic (exact) mass is 245 g/mol. The maximum atomic E-state index is 11.2. The van der Waals surface area contributed by atoms with Crippen LogP contribution in [0.4, 0.5) is 0 Å². The number of hydrogen-bond donors (Lipinski definition) is 1. The summed E-state index contributed by atoms with van der Waals surface area (Å²) >= 11 is 3.07. The normalized spacial score (nSPS) is 9.69. The fourth-order valence-electron chi connectivity index (χ4n) is 0.779. The molecule has 0 aliphatic heterocycles. The molecule has 1 heterocycles. The second kappa shape index (κ2) is 4.23. The number of halogens is 1. The summed E-state index contributed by atoms with van der Waals surface area (Å²) in [5.41, 5.74) is -0.0729. The Kier molecular flexibility index (Phi) is 3.25. The lowest BCUT2D eigenvalue weighted by molar-refractivity contribution is 0.0515. The molecule has 1 N–H and O–H groups in total. The fourth-order valence-corrected chi connectivity index (χ4v) is 1.09. The lowest BCUT2D eigenvalue weighted by Crippen LogP contribution is -2.07. The zero-order chi connectivity index (χ0) is 9.84. The number of aromatic hydroxyl groups is 1. The van der Waals surface area contributed by atoms with Gasteiger partial charge in [0.05, 0.1) is 11.1 Å². The highest BCUT2D eigenvalue weighted by molar-refractivity contribution is 9.10. The van der Waals surface area contributed by atoms with Crippen LogP contribution in [0.25, 0.3) is 0 Å². The summed E-state index contributed by atoms with van der Waals surface area (Å²) in [4.78, 5) is 14.9. The van der Waals surface area contributed by atoms with Crippen molar-refractivity contribution in [2.75, 3.05) is 6.61 Å². The summed E-state index contributed by atoms with van der Waals surface area (Å²) in [6, 6.07) is 1.54. The van der Waals surface area contributed by atoms with Crippen molar-refractivity contribution in [1.29, 1.82) is 0 Å². The summed E-state index contributed by atoms with van der Waals surface area (Å²) in [6.07, 6.45) is 1.41. The van der Waals surface area contributed by atoms with Gasteiger partial charge in [0, 0.05) is 6.20 Å². The average Bonchev–Trinajstić information content (AvgIpc) is 2.10. The molecule has 0 saturated heterocycles. The molecule has 1 rings (SSSR count). The molecule has 0 unspecified atom stereocenters. The summed E-state index contributed by atoms with van der Waals surface area (Å²) in [6.45, 7) is 1.94. The first kappa shape index (κ1) is 9.98. The van der Waals surface area contributed by atoms with E-state index in [1.165, 1.54) is 12.3 Å². The highest BCUT2D eigenvalue weighted by Crippen LogP contribution is 2.25. The van der Waals surface area contributed by atoms with Crippen molar-refractivity contribution in [2.45, 2.75) is 6.92 Å². The smallest absolute Gasteiger partial charge is 0.360 e. The predicted molar refractivity (Wildman–Crippen MR) is 49.6 cm³/mol. The third kappa shape index (κ3) is 2.18. The molecule has 0 saturated carbocycles. The van der Waals surface area contributed by atoms with Gasteiger partial charge >= 0.3 is 5.97 Å². The molecule has 0 aliphatic rings. The van der Waals surface area contributed by atoms with Gasteiger partial charge in [0.25, 0.3) is 0 Å². The molecule has 0 atom stereocenters. The van der Waals surface area contributed by atoms with Crippen molar-refractivity contribution in [3.8, 4) is 5.75 Å². The Hall–Kier alpha value is -1.10. The third-order valence-electron chi connectivity index (χ3n) is 1.34. The molecular weight excluding hydrogens is 238 g/mol. The van der Waals surface area contributed by atoms with Gasteiger partial charge in [-0.1, -0.05) is 0 Å². The van der Waals surface area contributed by atoms with E-state index in [1.54, 1.807) is 6.92 Å². The highest BCUT2D eigenvalue weighted by atomic mass is 79.9. The van der Waals surface area contributed by atoms with Crippen molar-refractivity contribution < 1.29 is 14.6 Å². The average molecular weight is 246 g/mol. The second-order valence-electron chi connectivity index (χ2n) is 2.21. The van der Waals surface area contributed by atoms with Crippen molar-refractivity contribution >= 4 is 21.9 Å².